The minimum atomic E-state index is 0.459. The van der Waals surface area contributed by atoms with E-state index < -0.39 is 0 Å². The average Bonchev–Trinajstić information content (AvgIpc) is 2.34. The molecule has 0 aliphatic heterocycles. The van der Waals surface area contributed by atoms with Crippen LogP contribution < -0.4 is 5.32 Å². The normalized spacial score (nSPS) is 12.3. The predicted molar refractivity (Wildman–Crippen MR) is 71.5 cm³/mol. The summed E-state index contributed by atoms with van der Waals surface area (Å²) in [4.78, 5) is 0. The molecule has 1 nitrogen and oxygen atoms in total. The molecule has 0 aromatic heterocycles. The summed E-state index contributed by atoms with van der Waals surface area (Å²) in [6, 6.07) is 11.1. The van der Waals surface area contributed by atoms with Crippen LogP contribution in [0.5, 0.6) is 0 Å². The van der Waals surface area contributed by atoms with Gasteiger partial charge in [-0.2, -0.15) is 0 Å². The Morgan fingerprint density at radius 3 is 2.62 bits per heavy atom. The summed E-state index contributed by atoms with van der Waals surface area (Å²) in [6.07, 6.45) is 6.96. The Labute approximate surface area is 99.6 Å². The van der Waals surface area contributed by atoms with Crippen LogP contribution in [0.15, 0.2) is 43.0 Å². The van der Waals surface area contributed by atoms with Gasteiger partial charge in [-0.25, -0.2) is 0 Å². The lowest BCUT2D eigenvalue weighted by Gasteiger charge is -2.13. The topological polar surface area (TPSA) is 12.0 Å². The molecule has 16 heavy (non-hydrogen) atoms. The van der Waals surface area contributed by atoms with Crippen LogP contribution in [0.4, 0.5) is 0 Å². The zero-order valence-electron chi connectivity index (χ0n) is 10.3. The molecule has 1 heteroatoms. The molecule has 0 radical (unpaired) electrons. The Balaban J connectivity index is 2.11. The van der Waals surface area contributed by atoms with Crippen molar-refractivity contribution in [2.24, 2.45) is 0 Å². The summed E-state index contributed by atoms with van der Waals surface area (Å²) >= 11 is 0. The lowest BCUT2D eigenvalue weighted by atomic mass is 10.1. The summed E-state index contributed by atoms with van der Waals surface area (Å²) in [5.74, 6) is 0. The van der Waals surface area contributed by atoms with Crippen LogP contribution in [0.1, 0.15) is 44.2 Å². The van der Waals surface area contributed by atoms with Gasteiger partial charge in [-0.15, -0.1) is 6.58 Å². The molecule has 0 fully saturated rings. The van der Waals surface area contributed by atoms with Gasteiger partial charge < -0.3 is 5.32 Å². The van der Waals surface area contributed by atoms with E-state index in [4.69, 9.17) is 0 Å². The smallest absolute Gasteiger partial charge is 0.0291 e. The Bertz CT molecular complexity index is 279. The van der Waals surface area contributed by atoms with Gasteiger partial charge in [0.2, 0.25) is 0 Å². The van der Waals surface area contributed by atoms with E-state index in [2.05, 4.69) is 49.2 Å². The highest BCUT2D eigenvalue weighted by atomic mass is 14.9. The molecule has 1 N–H and O–H groups in total. The number of nitrogens with one attached hydrogen (secondary N) is 1. The van der Waals surface area contributed by atoms with Gasteiger partial charge in [-0.3, -0.25) is 0 Å². The number of rotatable bonds is 8. The fraction of sp³-hybridized carbons (Fsp3) is 0.467. The molecule has 0 aliphatic carbocycles. The fourth-order valence-electron chi connectivity index (χ4n) is 1.77. The van der Waals surface area contributed by atoms with E-state index in [0.717, 1.165) is 13.0 Å². The quantitative estimate of drug-likeness (QED) is 0.511. The van der Waals surface area contributed by atoms with E-state index in [1.165, 1.54) is 24.8 Å². The molecule has 1 rings (SSSR count). The summed E-state index contributed by atoms with van der Waals surface area (Å²) in [7, 11) is 0. The van der Waals surface area contributed by atoms with Crippen LogP contribution in [-0.2, 0) is 0 Å². The van der Waals surface area contributed by atoms with Gasteiger partial charge in [0, 0.05) is 6.04 Å². The van der Waals surface area contributed by atoms with Crippen molar-refractivity contribution in [2.45, 2.75) is 38.6 Å². The highest BCUT2D eigenvalue weighted by Gasteiger charge is 2.02. The first-order valence-corrected chi connectivity index (χ1v) is 6.24. The summed E-state index contributed by atoms with van der Waals surface area (Å²) < 4.78 is 0. The first-order chi connectivity index (χ1) is 7.84. The Kier molecular flexibility index (Phi) is 6.59. The molecule has 0 bridgehead atoms. The second kappa shape index (κ2) is 8.12. The van der Waals surface area contributed by atoms with E-state index >= 15 is 0 Å². The highest BCUT2D eigenvalue weighted by molar-refractivity contribution is 5.17. The van der Waals surface area contributed by atoms with Crippen molar-refractivity contribution in [3.05, 3.63) is 48.6 Å². The third-order valence-corrected chi connectivity index (χ3v) is 2.84. The maximum atomic E-state index is 3.73. The lowest BCUT2D eigenvalue weighted by Crippen LogP contribution is -2.19. The van der Waals surface area contributed by atoms with Gasteiger partial charge >= 0.3 is 0 Å². The van der Waals surface area contributed by atoms with Gasteiger partial charge in [0.1, 0.15) is 0 Å². The number of allylic oxidation sites excluding steroid dienone is 1. The minimum Gasteiger partial charge on any atom is -0.310 e. The van der Waals surface area contributed by atoms with Crippen LogP contribution in [0.3, 0.4) is 0 Å². The molecule has 0 saturated carbocycles. The number of benzene rings is 1. The number of unbranched alkanes of at least 4 members (excludes halogenated alkanes) is 3. The van der Waals surface area contributed by atoms with Crippen LogP contribution in [0.2, 0.25) is 0 Å². The van der Waals surface area contributed by atoms with E-state index in [0.29, 0.717) is 6.04 Å². The maximum absolute atomic E-state index is 3.73. The van der Waals surface area contributed by atoms with Gasteiger partial charge in [0.15, 0.2) is 0 Å². The number of hydrogen-bond acceptors (Lipinski definition) is 1. The summed E-state index contributed by atoms with van der Waals surface area (Å²) in [6.45, 7) is 7.06. The lowest BCUT2D eigenvalue weighted by molar-refractivity contribution is 0.539. The van der Waals surface area contributed by atoms with Gasteiger partial charge in [-0.05, 0) is 38.3 Å². The zero-order chi connectivity index (χ0) is 11.6. The molecule has 0 heterocycles. The van der Waals surface area contributed by atoms with Crippen molar-refractivity contribution in [3.63, 3.8) is 0 Å². The van der Waals surface area contributed by atoms with Gasteiger partial charge in [0.05, 0.1) is 0 Å². The minimum absolute atomic E-state index is 0.459. The number of hydrogen-bond donors (Lipinski definition) is 1. The summed E-state index contributed by atoms with van der Waals surface area (Å²) in [5, 5.41) is 3.55. The van der Waals surface area contributed by atoms with Gasteiger partial charge in [0.25, 0.3) is 0 Å². The molecular formula is C15H23N. The van der Waals surface area contributed by atoms with Crippen molar-refractivity contribution >= 4 is 0 Å². The fourth-order valence-corrected chi connectivity index (χ4v) is 1.77. The predicted octanol–water partition coefficient (Wildman–Crippen LogP) is 4.08. The van der Waals surface area contributed by atoms with Crippen molar-refractivity contribution < 1.29 is 0 Å². The average molecular weight is 217 g/mol. The molecule has 0 amide bonds. The zero-order valence-corrected chi connectivity index (χ0v) is 10.3. The van der Waals surface area contributed by atoms with Crippen molar-refractivity contribution in [1.82, 2.24) is 5.32 Å². The highest BCUT2D eigenvalue weighted by Crippen LogP contribution is 2.11. The maximum Gasteiger partial charge on any atom is 0.0291 e. The Hall–Kier alpha value is -1.08. The molecule has 88 valence electrons. The standard InChI is InChI=1S/C15H23N/c1-3-4-5-6-10-13-16-14(2)15-11-8-7-9-12-15/h3,7-9,11-12,14,16H,1,4-6,10,13H2,2H3/t14-/m0/s1. The second-order valence-corrected chi connectivity index (χ2v) is 4.22. The second-order valence-electron chi connectivity index (χ2n) is 4.22. The van der Waals surface area contributed by atoms with Crippen LogP contribution in [-0.4, -0.2) is 6.54 Å². The van der Waals surface area contributed by atoms with Crippen molar-refractivity contribution in [1.29, 1.82) is 0 Å². The monoisotopic (exact) mass is 217 g/mol. The van der Waals surface area contributed by atoms with E-state index in [-0.39, 0.29) is 0 Å². The van der Waals surface area contributed by atoms with E-state index in [1.807, 2.05) is 6.08 Å². The summed E-state index contributed by atoms with van der Waals surface area (Å²) in [5.41, 5.74) is 1.37. The molecule has 0 saturated heterocycles. The van der Waals surface area contributed by atoms with Crippen LogP contribution in [0, 0.1) is 0 Å². The molecule has 0 unspecified atom stereocenters. The van der Waals surface area contributed by atoms with E-state index in [9.17, 15) is 0 Å². The first-order valence-electron chi connectivity index (χ1n) is 6.24. The third kappa shape index (κ3) is 5.13. The third-order valence-electron chi connectivity index (χ3n) is 2.84. The molecule has 1 atom stereocenters. The van der Waals surface area contributed by atoms with Crippen molar-refractivity contribution in [3.8, 4) is 0 Å². The van der Waals surface area contributed by atoms with Crippen molar-refractivity contribution in [2.75, 3.05) is 6.54 Å². The van der Waals surface area contributed by atoms with E-state index in [1.54, 1.807) is 0 Å². The largest absolute Gasteiger partial charge is 0.310 e. The molecule has 0 spiro atoms. The SMILES string of the molecule is C=CCCCCCN[C@@H](C)c1ccccc1. The van der Waals surface area contributed by atoms with Gasteiger partial charge in [-0.1, -0.05) is 42.8 Å². The molecular weight excluding hydrogens is 194 g/mol. The molecule has 1 aromatic carbocycles. The van der Waals surface area contributed by atoms with Crippen LogP contribution in [0.25, 0.3) is 0 Å². The molecule has 1 aromatic rings. The first kappa shape index (κ1) is 13.0. The Morgan fingerprint density at radius 2 is 1.94 bits per heavy atom. The molecule has 0 aliphatic rings. The Morgan fingerprint density at radius 1 is 1.19 bits per heavy atom. The van der Waals surface area contributed by atoms with Crippen LogP contribution >= 0.6 is 0 Å².